The van der Waals surface area contributed by atoms with E-state index >= 15 is 0 Å². The highest BCUT2D eigenvalue weighted by Gasteiger charge is 2.36. The van der Waals surface area contributed by atoms with Crippen molar-refractivity contribution in [2.45, 2.75) is 47.0 Å². The number of anilines is 12. The molecule has 0 saturated carbocycles. The number of rotatable bonds is 16. The summed E-state index contributed by atoms with van der Waals surface area (Å²) in [5.41, 5.74) is 34.3. The van der Waals surface area contributed by atoms with Gasteiger partial charge in [0.25, 0.3) is 0 Å². The number of benzene rings is 18. The van der Waals surface area contributed by atoms with Gasteiger partial charge < -0.3 is 19.6 Å². The Labute approximate surface area is 691 Å². The van der Waals surface area contributed by atoms with Gasteiger partial charge in [0, 0.05) is 73.7 Å². The zero-order valence-corrected chi connectivity index (χ0v) is 67.2. The first-order valence-electron chi connectivity index (χ1n) is 40.3. The second-order valence-electron chi connectivity index (χ2n) is 30.4. The summed E-state index contributed by atoms with van der Waals surface area (Å²) in [6, 6.07) is 164. The lowest BCUT2D eigenvalue weighted by atomic mass is 9.82. The van der Waals surface area contributed by atoms with Gasteiger partial charge in [0.05, 0.1) is 0 Å². The number of aryl methyl sites for hydroxylation is 4. The normalized spacial score (nSPS) is 11.4. The van der Waals surface area contributed by atoms with E-state index in [1.54, 1.807) is 0 Å². The van der Waals surface area contributed by atoms with E-state index in [4.69, 9.17) is 0 Å². The Kier molecular flexibility index (Phi) is 23.3. The summed E-state index contributed by atoms with van der Waals surface area (Å²) in [5, 5.41) is 2.50. The molecule has 4 heteroatoms. The Balaban J connectivity index is 0.000000118. The van der Waals surface area contributed by atoms with Gasteiger partial charge in [0.15, 0.2) is 0 Å². The third kappa shape index (κ3) is 17.8. The second-order valence-corrected chi connectivity index (χ2v) is 30.4. The summed E-state index contributed by atoms with van der Waals surface area (Å²) in [6.45, 7) is 13.2. The summed E-state index contributed by atoms with van der Waals surface area (Å²) < 4.78 is 0. The van der Waals surface area contributed by atoms with Crippen LogP contribution in [0.1, 0.15) is 47.2 Å². The van der Waals surface area contributed by atoms with Crippen LogP contribution < -0.4 is 19.6 Å². The molecule has 0 atom stereocenters. The van der Waals surface area contributed by atoms with Crippen LogP contribution in [0.4, 0.5) is 68.2 Å². The van der Waals surface area contributed by atoms with E-state index in [0.717, 1.165) is 51.2 Å². The number of hydrogen-bond donors (Lipinski definition) is 0. The molecule has 19 rings (SSSR count). The van der Waals surface area contributed by atoms with Gasteiger partial charge in [-0.1, -0.05) is 352 Å². The molecular formula is C113H94N4. The summed E-state index contributed by atoms with van der Waals surface area (Å²) in [7, 11) is 0. The smallest absolute Gasteiger partial charge is 0.0468 e. The minimum atomic E-state index is -0.00241. The van der Waals surface area contributed by atoms with Gasteiger partial charge in [0.1, 0.15) is 0 Å². The molecule has 1 aliphatic rings. The van der Waals surface area contributed by atoms with Crippen molar-refractivity contribution in [1.82, 2.24) is 0 Å². The van der Waals surface area contributed by atoms with Crippen LogP contribution in [0.15, 0.2) is 461 Å². The summed E-state index contributed by atoms with van der Waals surface area (Å²) in [4.78, 5) is 9.24. The first-order valence-corrected chi connectivity index (χ1v) is 40.3. The fourth-order valence-electron chi connectivity index (χ4n) is 15.7. The molecule has 0 saturated heterocycles. The molecule has 1 aliphatic carbocycles. The second kappa shape index (κ2) is 35.6. The van der Waals surface area contributed by atoms with Crippen molar-refractivity contribution in [3.8, 4) is 55.6 Å². The maximum atomic E-state index is 2.38. The van der Waals surface area contributed by atoms with E-state index in [9.17, 15) is 0 Å². The van der Waals surface area contributed by atoms with Gasteiger partial charge in [-0.15, -0.1) is 0 Å². The molecule has 0 aromatic heterocycles. The van der Waals surface area contributed by atoms with Crippen molar-refractivity contribution in [2.24, 2.45) is 0 Å². The van der Waals surface area contributed by atoms with E-state index in [0.29, 0.717) is 0 Å². The van der Waals surface area contributed by atoms with Crippen LogP contribution in [0, 0.1) is 27.7 Å². The quantitative estimate of drug-likeness (QED) is 0.0956. The van der Waals surface area contributed by atoms with E-state index in [1.165, 1.54) is 117 Å². The maximum absolute atomic E-state index is 2.38. The van der Waals surface area contributed by atoms with Crippen molar-refractivity contribution in [2.75, 3.05) is 19.6 Å². The highest BCUT2D eigenvalue weighted by atomic mass is 15.2. The Hall–Kier alpha value is -14.6. The molecule has 0 fully saturated rings. The lowest BCUT2D eigenvalue weighted by Crippen LogP contribution is -2.16. The van der Waals surface area contributed by atoms with Gasteiger partial charge in [0.2, 0.25) is 0 Å². The van der Waals surface area contributed by atoms with Crippen molar-refractivity contribution in [1.29, 1.82) is 0 Å². The van der Waals surface area contributed by atoms with Gasteiger partial charge in [-0.25, -0.2) is 0 Å². The zero-order valence-electron chi connectivity index (χ0n) is 67.2. The SMILES string of the molecule is Cc1ccc(-c2ccc(N(c3ccccc3)c3ccccc3)cc2)cc1.Cc1ccc(N(c2ccccc2)c2ccc3c(c2)C(C)(C)c2ccccc2-3)cc1.Cc1ccc2cc(N(c3ccc(-c4ccccc4)cc3)c3ccc(-c4ccccc4)cc3)ccc2c1.Cc1cccc(-c2ccc(N(c3ccccc3)c3ccccc3)cc2)c1. The molecule has 0 N–H and O–H groups in total. The van der Waals surface area contributed by atoms with E-state index in [-0.39, 0.29) is 5.41 Å². The average Bonchev–Trinajstić information content (AvgIpc) is 1.58. The van der Waals surface area contributed by atoms with Crippen LogP contribution in [-0.2, 0) is 5.41 Å². The Morgan fingerprint density at radius 1 is 0.154 bits per heavy atom. The maximum Gasteiger partial charge on any atom is 0.0468 e. The molecule has 566 valence electrons. The molecule has 0 bridgehead atoms. The van der Waals surface area contributed by atoms with Gasteiger partial charge in [-0.2, -0.15) is 0 Å². The fourth-order valence-corrected chi connectivity index (χ4v) is 15.7. The fraction of sp³-hybridized carbons (Fsp3) is 0.0619. The highest BCUT2D eigenvalue weighted by Crippen LogP contribution is 2.51. The highest BCUT2D eigenvalue weighted by molar-refractivity contribution is 5.91. The Bertz CT molecular complexity index is 6080. The molecule has 0 radical (unpaired) electrons. The number of hydrogen-bond acceptors (Lipinski definition) is 4. The van der Waals surface area contributed by atoms with Crippen LogP contribution in [0.5, 0.6) is 0 Å². The summed E-state index contributed by atoms with van der Waals surface area (Å²) >= 11 is 0. The van der Waals surface area contributed by atoms with Crippen molar-refractivity contribution < 1.29 is 0 Å². The van der Waals surface area contributed by atoms with E-state index < -0.39 is 0 Å². The van der Waals surface area contributed by atoms with Crippen LogP contribution in [0.3, 0.4) is 0 Å². The number of nitrogens with zero attached hydrogens (tertiary/aromatic N) is 4. The standard InChI is InChI=1S/C35H27N.C28H25N.2C25H21N/c1-26-12-13-32-25-35(23-18-31(32)24-26)36(33-19-14-29(15-20-33)27-8-4-2-5-9-27)34-21-16-30(17-22-34)28-10-6-3-7-11-28;1-20-13-15-22(16-14-20)29(21-9-5-4-6-10-21)23-17-18-25-24-11-7-8-12-26(24)28(2,3)27(25)19-23;1-20-9-8-10-22(19-20)21-15-17-25(18-16-21)26(23-11-4-2-5-12-23)24-13-6-3-7-14-24;1-20-12-14-21(15-13-20)22-16-18-25(19-17-22)26(23-8-4-2-5-9-23)24-10-6-3-7-11-24/h2-25H,1H3;4-19H,1-3H3;2*2-19H,1H3. The third-order valence-electron chi connectivity index (χ3n) is 21.9. The summed E-state index contributed by atoms with van der Waals surface area (Å²) in [6.07, 6.45) is 0. The molecule has 18 aromatic carbocycles. The Morgan fingerprint density at radius 3 is 0.803 bits per heavy atom. The summed E-state index contributed by atoms with van der Waals surface area (Å²) in [5.74, 6) is 0. The molecule has 4 nitrogen and oxygen atoms in total. The third-order valence-corrected chi connectivity index (χ3v) is 21.9. The topological polar surface area (TPSA) is 13.0 Å². The molecular weight excluding hydrogens is 1410 g/mol. The number of para-hydroxylation sites is 5. The van der Waals surface area contributed by atoms with Crippen LogP contribution >= 0.6 is 0 Å². The van der Waals surface area contributed by atoms with Crippen LogP contribution in [-0.4, -0.2) is 0 Å². The zero-order chi connectivity index (χ0) is 79.9. The minimum Gasteiger partial charge on any atom is -0.311 e. The molecule has 0 amide bonds. The molecule has 0 unspecified atom stereocenters. The first-order chi connectivity index (χ1) is 57.4. The van der Waals surface area contributed by atoms with Crippen LogP contribution in [0.2, 0.25) is 0 Å². The molecule has 18 aromatic rings. The molecule has 0 spiro atoms. The molecule has 117 heavy (non-hydrogen) atoms. The average molecular weight is 1510 g/mol. The largest absolute Gasteiger partial charge is 0.311 e. The molecule has 0 aliphatic heterocycles. The lowest BCUT2D eigenvalue weighted by molar-refractivity contribution is 0.660. The van der Waals surface area contributed by atoms with Crippen molar-refractivity contribution in [3.05, 3.63) is 494 Å². The molecule has 0 heterocycles. The lowest BCUT2D eigenvalue weighted by Gasteiger charge is -2.28. The van der Waals surface area contributed by atoms with Gasteiger partial charge >= 0.3 is 0 Å². The van der Waals surface area contributed by atoms with Gasteiger partial charge in [-0.3, -0.25) is 0 Å². The van der Waals surface area contributed by atoms with Crippen molar-refractivity contribution >= 4 is 79.0 Å². The monoisotopic (exact) mass is 1510 g/mol. The predicted octanol–water partition coefficient (Wildman–Crippen LogP) is 32.0. The minimum absolute atomic E-state index is 0.00241. The van der Waals surface area contributed by atoms with E-state index in [2.05, 4.69) is 498 Å². The van der Waals surface area contributed by atoms with Crippen LogP contribution in [0.25, 0.3) is 66.4 Å². The first kappa shape index (κ1) is 76.4. The van der Waals surface area contributed by atoms with E-state index in [1.807, 2.05) is 24.3 Å². The predicted molar refractivity (Wildman–Crippen MR) is 500 cm³/mol. The van der Waals surface area contributed by atoms with Crippen molar-refractivity contribution in [3.63, 3.8) is 0 Å². The van der Waals surface area contributed by atoms with Gasteiger partial charge in [-0.05, 0) is 251 Å². The number of fused-ring (bicyclic) bond motifs is 4. The Morgan fingerprint density at radius 2 is 0.402 bits per heavy atom.